The normalized spacial score (nSPS) is 7.87. The molecule has 0 saturated carbocycles. The van der Waals surface area contributed by atoms with Gasteiger partial charge in [0.1, 0.15) is 23.3 Å². The third-order valence-electron chi connectivity index (χ3n) is 1.14. The Labute approximate surface area is 85.6 Å². The molecule has 0 aliphatic carbocycles. The Hall–Kier alpha value is -2.60. The quantitative estimate of drug-likeness (QED) is 0.281. The summed E-state index contributed by atoms with van der Waals surface area (Å²) in [6.07, 6.45) is 0. The van der Waals surface area contributed by atoms with Crippen molar-refractivity contribution in [2.75, 3.05) is 6.79 Å². The lowest BCUT2D eigenvalue weighted by Gasteiger charge is -2.03. The fourth-order valence-corrected chi connectivity index (χ4v) is 0.402. The Morgan fingerprint density at radius 1 is 1.00 bits per heavy atom. The van der Waals surface area contributed by atoms with Gasteiger partial charge in [-0.25, -0.2) is 9.59 Å². The Bertz CT molecular complexity index is 359. The Morgan fingerprint density at radius 2 is 1.33 bits per heavy atom. The van der Waals surface area contributed by atoms with E-state index in [1.54, 1.807) is 0 Å². The molecular weight excluding hydrogens is 200 g/mol. The standard InChI is InChI=1S/C9H6N2O4/c1-6(3-10)8(12)14-5-15-9(13)7(2)4-11/h1-2,5H2. The number of esters is 2. The van der Waals surface area contributed by atoms with Gasteiger partial charge in [-0.3, -0.25) is 0 Å². The molecule has 15 heavy (non-hydrogen) atoms. The number of ether oxygens (including phenoxy) is 2. The molecule has 0 aliphatic rings. The molecule has 0 fully saturated rings. The van der Waals surface area contributed by atoms with Gasteiger partial charge in [-0.2, -0.15) is 10.5 Å². The lowest BCUT2D eigenvalue weighted by Crippen LogP contribution is -2.13. The van der Waals surface area contributed by atoms with Crippen LogP contribution in [0.15, 0.2) is 24.3 Å². The van der Waals surface area contributed by atoms with E-state index in [4.69, 9.17) is 10.5 Å². The Kier molecular flexibility index (Phi) is 4.92. The highest BCUT2D eigenvalue weighted by Gasteiger charge is 2.10. The van der Waals surface area contributed by atoms with Gasteiger partial charge >= 0.3 is 11.9 Å². The molecule has 0 radical (unpaired) electrons. The van der Waals surface area contributed by atoms with Gasteiger partial charge in [0.15, 0.2) is 0 Å². The van der Waals surface area contributed by atoms with Gasteiger partial charge in [0.25, 0.3) is 0 Å². The first-order valence-electron chi connectivity index (χ1n) is 3.55. The molecule has 6 heteroatoms. The molecule has 0 amide bonds. The molecule has 0 aromatic carbocycles. The molecule has 0 unspecified atom stereocenters. The smallest absolute Gasteiger partial charge is 0.351 e. The highest BCUT2D eigenvalue weighted by molar-refractivity contribution is 5.93. The minimum Gasteiger partial charge on any atom is -0.424 e. The molecule has 0 atom stereocenters. The minimum absolute atomic E-state index is 0.412. The van der Waals surface area contributed by atoms with Crippen LogP contribution in [0.1, 0.15) is 0 Å². The van der Waals surface area contributed by atoms with Gasteiger partial charge < -0.3 is 9.47 Å². The summed E-state index contributed by atoms with van der Waals surface area (Å²) in [6.45, 7) is 5.46. The van der Waals surface area contributed by atoms with E-state index in [1.165, 1.54) is 12.1 Å². The van der Waals surface area contributed by atoms with E-state index >= 15 is 0 Å². The van der Waals surface area contributed by atoms with Crippen molar-refractivity contribution < 1.29 is 19.1 Å². The lowest BCUT2D eigenvalue weighted by molar-refractivity contribution is -0.161. The monoisotopic (exact) mass is 206 g/mol. The first-order chi connectivity index (χ1) is 7.02. The highest BCUT2D eigenvalue weighted by Crippen LogP contribution is 1.95. The number of carbonyl (C=O) groups excluding carboxylic acids is 2. The van der Waals surface area contributed by atoms with Crippen LogP contribution in [0.3, 0.4) is 0 Å². The summed E-state index contributed by atoms with van der Waals surface area (Å²) in [5.41, 5.74) is -0.824. The summed E-state index contributed by atoms with van der Waals surface area (Å²) in [7, 11) is 0. The van der Waals surface area contributed by atoms with E-state index in [0.29, 0.717) is 0 Å². The zero-order valence-electron chi connectivity index (χ0n) is 7.65. The van der Waals surface area contributed by atoms with Crippen molar-refractivity contribution in [1.82, 2.24) is 0 Å². The van der Waals surface area contributed by atoms with Crippen LogP contribution >= 0.6 is 0 Å². The van der Waals surface area contributed by atoms with Crippen LogP contribution in [-0.2, 0) is 19.1 Å². The van der Waals surface area contributed by atoms with Gasteiger partial charge in [0.2, 0.25) is 6.79 Å². The summed E-state index contributed by atoms with van der Waals surface area (Å²) in [4.78, 5) is 21.5. The van der Waals surface area contributed by atoms with Gasteiger partial charge in [-0.05, 0) is 0 Å². The molecule has 0 bridgehead atoms. The lowest BCUT2D eigenvalue weighted by atomic mass is 10.3. The van der Waals surface area contributed by atoms with Crippen molar-refractivity contribution in [3.8, 4) is 12.1 Å². The second-order valence-electron chi connectivity index (χ2n) is 2.16. The predicted molar refractivity (Wildman–Crippen MR) is 46.6 cm³/mol. The van der Waals surface area contributed by atoms with Crippen LogP contribution in [0.25, 0.3) is 0 Å². The van der Waals surface area contributed by atoms with Crippen LogP contribution in [0, 0.1) is 22.7 Å². The highest BCUT2D eigenvalue weighted by atomic mass is 16.7. The molecule has 0 aliphatic heterocycles. The summed E-state index contributed by atoms with van der Waals surface area (Å²) in [5.74, 6) is -1.99. The average molecular weight is 206 g/mol. The van der Waals surface area contributed by atoms with Crippen molar-refractivity contribution in [2.45, 2.75) is 0 Å². The van der Waals surface area contributed by atoms with Crippen LogP contribution in [0.2, 0.25) is 0 Å². The van der Waals surface area contributed by atoms with Crippen molar-refractivity contribution >= 4 is 11.9 Å². The molecule has 6 nitrogen and oxygen atoms in total. The number of hydrogen-bond donors (Lipinski definition) is 0. The predicted octanol–water partition coefficient (Wildman–Crippen LogP) is 0.190. The van der Waals surface area contributed by atoms with Crippen molar-refractivity contribution in [3.05, 3.63) is 24.3 Å². The summed E-state index contributed by atoms with van der Waals surface area (Å²) >= 11 is 0. The second kappa shape index (κ2) is 5.95. The van der Waals surface area contributed by atoms with Crippen molar-refractivity contribution in [2.24, 2.45) is 0 Å². The summed E-state index contributed by atoms with van der Waals surface area (Å²) in [6, 6.07) is 2.91. The number of rotatable bonds is 4. The third-order valence-corrected chi connectivity index (χ3v) is 1.14. The molecule has 0 spiro atoms. The SMILES string of the molecule is C=C(C#N)C(=O)OCOC(=O)C(=C)C#N. The van der Waals surface area contributed by atoms with Gasteiger partial charge in [0.05, 0.1) is 0 Å². The van der Waals surface area contributed by atoms with E-state index in [0.717, 1.165) is 0 Å². The number of carbonyl (C=O) groups is 2. The minimum atomic E-state index is -0.993. The topological polar surface area (TPSA) is 100 Å². The van der Waals surface area contributed by atoms with Crippen molar-refractivity contribution in [1.29, 1.82) is 10.5 Å². The molecule has 0 heterocycles. The number of hydrogen-bond acceptors (Lipinski definition) is 6. The maximum atomic E-state index is 10.8. The van der Waals surface area contributed by atoms with E-state index in [2.05, 4.69) is 22.6 Å². The van der Waals surface area contributed by atoms with E-state index < -0.39 is 29.9 Å². The molecule has 0 saturated heterocycles. The fraction of sp³-hybridized carbons (Fsp3) is 0.111. The second-order valence-corrected chi connectivity index (χ2v) is 2.16. The maximum absolute atomic E-state index is 10.8. The fourth-order valence-electron chi connectivity index (χ4n) is 0.402. The Balaban J connectivity index is 3.93. The molecule has 0 rings (SSSR count). The number of nitrogens with zero attached hydrogens (tertiary/aromatic N) is 2. The largest absolute Gasteiger partial charge is 0.424 e. The summed E-state index contributed by atoms with van der Waals surface area (Å²) < 4.78 is 8.61. The van der Waals surface area contributed by atoms with Crippen LogP contribution in [0.4, 0.5) is 0 Å². The molecular formula is C9H6N2O4. The molecule has 76 valence electrons. The Morgan fingerprint density at radius 3 is 1.60 bits per heavy atom. The first kappa shape index (κ1) is 12.4. The van der Waals surface area contributed by atoms with E-state index in [1.807, 2.05) is 0 Å². The maximum Gasteiger partial charge on any atom is 0.351 e. The number of nitriles is 2. The molecule has 0 aromatic heterocycles. The van der Waals surface area contributed by atoms with Crippen molar-refractivity contribution in [3.63, 3.8) is 0 Å². The molecule has 0 N–H and O–H groups in total. The zero-order chi connectivity index (χ0) is 11.8. The zero-order valence-corrected chi connectivity index (χ0v) is 7.65. The van der Waals surface area contributed by atoms with Crippen LogP contribution in [-0.4, -0.2) is 18.7 Å². The van der Waals surface area contributed by atoms with E-state index in [-0.39, 0.29) is 0 Å². The summed E-state index contributed by atoms with van der Waals surface area (Å²) in [5, 5.41) is 16.4. The van der Waals surface area contributed by atoms with E-state index in [9.17, 15) is 9.59 Å². The molecule has 0 aromatic rings. The van der Waals surface area contributed by atoms with Gasteiger partial charge in [-0.15, -0.1) is 0 Å². The van der Waals surface area contributed by atoms with Crippen LogP contribution < -0.4 is 0 Å². The third kappa shape index (κ3) is 4.25. The van der Waals surface area contributed by atoms with Crippen LogP contribution in [0.5, 0.6) is 0 Å². The first-order valence-corrected chi connectivity index (χ1v) is 3.55. The van der Waals surface area contributed by atoms with Gasteiger partial charge in [0, 0.05) is 0 Å². The average Bonchev–Trinajstić information content (AvgIpc) is 2.26. The van der Waals surface area contributed by atoms with Gasteiger partial charge in [-0.1, -0.05) is 13.2 Å².